The summed E-state index contributed by atoms with van der Waals surface area (Å²) in [5.41, 5.74) is 1.48. The molecule has 0 unspecified atom stereocenters. The number of rotatable bonds is 1. The molecule has 0 atom stereocenters. The Morgan fingerprint density at radius 1 is 1.23 bits per heavy atom. The van der Waals surface area contributed by atoms with Gasteiger partial charge in [-0.2, -0.15) is 8.78 Å². The van der Waals surface area contributed by atoms with E-state index >= 15 is 0 Å². The lowest BCUT2D eigenvalue weighted by Crippen LogP contribution is -1.94. The Bertz CT molecular complexity index is 431. The predicted molar refractivity (Wildman–Crippen MR) is 47.9 cm³/mol. The molecule has 3 heteroatoms. The van der Waals surface area contributed by atoms with Gasteiger partial charge < -0.3 is 0 Å². The zero-order chi connectivity index (χ0) is 9.42. The number of aromatic nitrogens is 1. The van der Waals surface area contributed by atoms with Crippen molar-refractivity contribution in [1.29, 1.82) is 0 Å². The van der Waals surface area contributed by atoms with Crippen molar-refractivity contribution in [3.63, 3.8) is 0 Å². The minimum absolute atomic E-state index is 0.593. The number of nitrogens with zero attached hydrogens (tertiary/aromatic N) is 1. The van der Waals surface area contributed by atoms with Crippen molar-refractivity contribution in [2.45, 2.75) is 13.5 Å². The minimum Gasteiger partial charge on any atom is -0.291 e. The maximum Gasteiger partial charge on any atom is 0.319 e. The van der Waals surface area contributed by atoms with Crippen molar-refractivity contribution in [3.8, 4) is 0 Å². The van der Waals surface area contributed by atoms with Gasteiger partial charge in [-0.15, -0.1) is 0 Å². The van der Waals surface area contributed by atoms with E-state index in [1.807, 2.05) is 19.1 Å². The number of hydrogen-bond donors (Lipinski definition) is 0. The van der Waals surface area contributed by atoms with Crippen LogP contribution in [0.1, 0.15) is 12.1 Å². The van der Waals surface area contributed by atoms with E-state index in [1.165, 1.54) is 6.20 Å². The van der Waals surface area contributed by atoms with Crippen LogP contribution in [0.15, 0.2) is 30.5 Å². The van der Waals surface area contributed by atoms with E-state index in [4.69, 9.17) is 0 Å². The van der Waals surface area contributed by atoms with Crippen LogP contribution in [0.4, 0.5) is 8.78 Å². The molecule has 0 bridgehead atoms. The van der Waals surface area contributed by atoms with Gasteiger partial charge in [0.25, 0.3) is 0 Å². The smallest absolute Gasteiger partial charge is 0.291 e. The van der Waals surface area contributed by atoms with E-state index < -0.39 is 6.55 Å². The van der Waals surface area contributed by atoms with Gasteiger partial charge in [-0.25, -0.2) is 0 Å². The number of halogens is 2. The van der Waals surface area contributed by atoms with Crippen LogP contribution in [-0.4, -0.2) is 4.57 Å². The third-order valence-electron chi connectivity index (χ3n) is 2.15. The summed E-state index contributed by atoms with van der Waals surface area (Å²) in [7, 11) is 0. The molecule has 1 nitrogen and oxygen atoms in total. The highest BCUT2D eigenvalue weighted by atomic mass is 19.3. The Balaban J connectivity index is 2.78. The quantitative estimate of drug-likeness (QED) is 0.635. The van der Waals surface area contributed by atoms with Gasteiger partial charge in [0.05, 0.1) is 5.52 Å². The third kappa shape index (κ3) is 1.20. The van der Waals surface area contributed by atoms with Crippen LogP contribution < -0.4 is 0 Å². The number of para-hydroxylation sites is 1. The zero-order valence-electron chi connectivity index (χ0n) is 7.17. The number of benzene rings is 1. The topological polar surface area (TPSA) is 4.93 Å². The van der Waals surface area contributed by atoms with Crippen molar-refractivity contribution >= 4 is 10.9 Å². The van der Waals surface area contributed by atoms with Crippen molar-refractivity contribution in [2.75, 3.05) is 0 Å². The van der Waals surface area contributed by atoms with E-state index in [-0.39, 0.29) is 0 Å². The number of aryl methyl sites for hydroxylation is 1. The zero-order valence-corrected chi connectivity index (χ0v) is 7.17. The first-order valence-electron chi connectivity index (χ1n) is 4.04. The Labute approximate surface area is 74.6 Å². The molecule has 0 N–H and O–H groups in total. The molecule has 0 aliphatic heterocycles. The second kappa shape index (κ2) is 2.83. The Morgan fingerprint density at radius 2 is 1.92 bits per heavy atom. The van der Waals surface area contributed by atoms with Crippen molar-refractivity contribution in [1.82, 2.24) is 4.57 Å². The first-order valence-corrected chi connectivity index (χ1v) is 4.04. The Hall–Kier alpha value is -1.38. The molecule has 0 fully saturated rings. The molecule has 68 valence electrons. The van der Waals surface area contributed by atoms with Crippen LogP contribution in [-0.2, 0) is 0 Å². The molecule has 2 aromatic rings. The first kappa shape index (κ1) is 8.23. The molecule has 0 aliphatic carbocycles. The molecule has 0 aliphatic rings. The minimum atomic E-state index is -2.46. The van der Waals surface area contributed by atoms with E-state index in [0.717, 1.165) is 15.5 Å². The van der Waals surface area contributed by atoms with Gasteiger partial charge in [-0.05, 0) is 18.6 Å². The third-order valence-corrected chi connectivity index (χ3v) is 2.15. The second-order valence-corrected chi connectivity index (χ2v) is 3.01. The lowest BCUT2D eigenvalue weighted by Gasteiger charge is -2.01. The van der Waals surface area contributed by atoms with Gasteiger partial charge in [-0.3, -0.25) is 4.57 Å². The van der Waals surface area contributed by atoms with Crippen LogP contribution >= 0.6 is 0 Å². The standard InChI is InChI=1S/C10H9F2N/c1-7-6-13(10(11)12)9-5-3-2-4-8(7)9/h2-6,10H,1H3. The lowest BCUT2D eigenvalue weighted by atomic mass is 10.2. The molecule has 2 rings (SSSR count). The average molecular weight is 181 g/mol. The molecule has 1 aromatic heterocycles. The summed E-state index contributed by atoms with van der Waals surface area (Å²) in [4.78, 5) is 0. The highest BCUT2D eigenvalue weighted by Crippen LogP contribution is 2.24. The Morgan fingerprint density at radius 3 is 2.62 bits per heavy atom. The Kier molecular flexibility index (Phi) is 1.79. The molecule has 1 heterocycles. The summed E-state index contributed by atoms with van der Waals surface area (Å²) in [5.74, 6) is 0. The fourth-order valence-electron chi connectivity index (χ4n) is 1.54. The number of hydrogen-bond acceptors (Lipinski definition) is 0. The normalized spacial score (nSPS) is 11.4. The van der Waals surface area contributed by atoms with Crippen molar-refractivity contribution in [3.05, 3.63) is 36.0 Å². The monoisotopic (exact) mass is 181 g/mol. The van der Waals surface area contributed by atoms with Crippen LogP contribution in [0.3, 0.4) is 0 Å². The van der Waals surface area contributed by atoms with E-state index in [9.17, 15) is 8.78 Å². The molecule has 0 spiro atoms. The van der Waals surface area contributed by atoms with E-state index in [2.05, 4.69) is 0 Å². The van der Waals surface area contributed by atoms with Gasteiger partial charge >= 0.3 is 6.55 Å². The van der Waals surface area contributed by atoms with Crippen molar-refractivity contribution in [2.24, 2.45) is 0 Å². The summed E-state index contributed by atoms with van der Waals surface area (Å²) in [5, 5.41) is 0.891. The van der Waals surface area contributed by atoms with Gasteiger partial charge in [0.2, 0.25) is 0 Å². The molecule has 13 heavy (non-hydrogen) atoms. The molecule has 0 saturated heterocycles. The van der Waals surface area contributed by atoms with Crippen LogP contribution in [0.2, 0.25) is 0 Å². The van der Waals surface area contributed by atoms with Gasteiger partial charge in [0.1, 0.15) is 0 Å². The predicted octanol–water partition coefficient (Wildman–Crippen LogP) is 3.34. The number of fused-ring (bicyclic) bond motifs is 1. The summed E-state index contributed by atoms with van der Waals surface area (Å²) < 4.78 is 25.9. The molecule has 0 radical (unpaired) electrons. The first-order chi connectivity index (χ1) is 6.20. The van der Waals surface area contributed by atoms with Crippen LogP contribution in [0, 0.1) is 6.92 Å². The second-order valence-electron chi connectivity index (χ2n) is 3.01. The lowest BCUT2D eigenvalue weighted by molar-refractivity contribution is 0.0751. The molecular weight excluding hydrogens is 172 g/mol. The molecular formula is C10H9F2N. The number of alkyl halides is 2. The largest absolute Gasteiger partial charge is 0.319 e. The van der Waals surface area contributed by atoms with E-state index in [1.54, 1.807) is 12.1 Å². The van der Waals surface area contributed by atoms with Crippen molar-refractivity contribution < 1.29 is 8.78 Å². The van der Waals surface area contributed by atoms with E-state index in [0.29, 0.717) is 5.52 Å². The maximum atomic E-state index is 12.5. The highest BCUT2D eigenvalue weighted by molar-refractivity contribution is 5.83. The van der Waals surface area contributed by atoms with Gasteiger partial charge in [-0.1, -0.05) is 18.2 Å². The highest BCUT2D eigenvalue weighted by Gasteiger charge is 2.10. The fraction of sp³-hybridized carbons (Fsp3) is 0.200. The molecule has 0 amide bonds. The van der Waals surface area contributed by atoms with Gasteiger partial charge in [0, 0.05) is 11.6 Å². The average Bonchev–Trinajstić information content (AvgIpc) is 2.45. The fourth-order valence-corrected chi connectivity index (χ4v) is 1.54. The van der Waals surface area contributed by atoms with Crippen LogP contribution in [0.25, 0.3) is 10.9 Å². The summed E-state index contributed by atoms with van der Waals surface area (Å²) >= 11 is 0. The summed E-state index contributed by atoms with van der Waals surface area (Å²) in [6.07, 6.45) is 1.48. The SMILES string of the molecule is Cc1cn(C(F)F)c2ccccc12. The maximum absolute atomic E-state index is 12.5. The summed E-state index contributed by atoms with van der Waals surface area (Å²) in [6, 6.07) is 7.17. The van der Waals surface area contributed by atoms with Gasteiger partial charge in [0.15, 0.2) is 0 Å². The molecule has 0 saturated carbocycles. The van der Waals surface area contributed by atoms with Crippen LogP contribution in [0.5, 0.6) is 0 Å². The molecule has 1 aromatic carbocycles. The summed E-state index contributed by atoms with van der Waals surface area (Å²) in [6.45, 7) is -0.625.